The summed E-state index contributed by atoms with van der Waals surface area (Å²) in [6.07, 6.45) is 0.459. The molecule has 1 aromatic carbocycles. The van der Waals surface area contributed by atoms with Crippen molar-refractivity contribution in [3.05, 3.63) is 28.8 Å². The molecule has 2 aliphatic rings. The number of ether oxygens (including phenoxy) is 1. The van der Waals surface area contributed by atoms with Gasteiger partial charge in [-0.25, -0.2) is 0 Å². The van der Waals surface area contributed by atoms with Crippen molar-refractivity contribution in [2.24, 2.45) is 11.1 Å². The van der Waals surface area contributed by atoms with E-state index < -0.39 is 15.5 Å². The first-order chi connectivity index (χ1) is 11.6. The number of hydrogen-bond acceptors (Lipinski definition) is 5. The van der Waals surface area contributed by atoms with E-state index >= 15 is 0 Å². The number of benzene rings is 1. The number of halogens is 3. The molecule has 0 radical (unpaired) electrons. The van der Waals surface area contributed by atoms with E-state index in [4.69, 9.17) is 9.57 Å². The van der Waals surface area contributed by atoms with Crippen molar-refractivity contribution < 1.29 is 31.2 Å². The summed E-state index contributed by atoms with van der Waals surface area (Å²) in [6, 6.07) is 3.01. The third kappa shape index (κ3) is 3.32. The second-order valence-electron chi connectivity index (χ2n) is 6.12. The fourth-order valence-electron chi connectivity index (χ4n) is 3.01. The first-order valence-corrected chi connectivity index (χ1v) is 9.10. The molecule has 6 nitrogen and oxygen atoms in total. The van der Waals surface area contributed by atoms with E-state index in [2.05, 4.69) is 5.16 Å². The van der Waals surface area contributed by atoms with Crippen molar-refractivity contribution >= 4 is 21.4 Å². The molecule has 138 valence electrons. The smallest absolute Gasteiger partial charge is 0.389 e. The zero-order valence-electron chi connectivity index (χ0n) is 13.6. The lowest BCUT2D eigenvalue weighted by molar-refractivity contribution is -0.0477. The van der Waals surface area contributed by atoms with E-state index in [9.17, 15) is 21.6 Å². The molecule has 2 aliphatic heterocycles. The third-order valence-electron chi connectivity index (χ3n) is 4.34. The number of sulfonamides is 1. The third-order valence-corrected chi connectivity index (χ3v) is 5.44. The Morgan fingerprint density at radius 2 is 1.96 bits per heavy atom. The molecule has 25 heavy (non-hydrogen) atoms. The van der Waals surface area contributed by atoms with E-state index in [1.54, 1.807) is 17.7 Å². The summed E-state index contributed by atoms with van der Waals surface area (Å²) in [4.78, 5) is 5.35. The van der Waals surface area contributed by atoms with Crippen LogP contribution in [0.1, 0.15) is 23.1 Å². The molecule has 2 unspecified atom stereocenters. The monoisotopic (exact) mass is 378 g/mol. The molecule has 0 aliphatic carbocycles. The Kier molecular flexibility index (Phi) is 4.44. The molecule has 0 aromatic heterocycles. The largest absolute Gasteiger partial charge is 0.516 e. The minimum atomic E-state index is -5.49. The summed E-state index contributed by atoms with van der Waals surface area (Å²) in [5.74, 6) is -0.0257. The van der Waals surface area contributed by atoms with Gasteiger partial charge < -0.3 is 9.57 Å². The summed E-state index contributed by atoms with van der Waals surface area (Å²) in [5.41, 5.74) is -3.17. The van der Waals surface area contributed by atoms with Crippen LogP contribution >= 0.6 is 0 Å². The highest BCUT2D eigenvalue weighted by Crippen LogP contribution is 2.33. The molecule has 0 bridgehead atoms. The van der Waals surface area contributed by atoms with Gasteiger partial charge in [0.15, 0.2) is 6.10 Å². The van der Waals surface area contributed by atoms with Crippen molar-refractivity contribution in [3.8, 4) is 0 Å². The van der Waals surface area contributed by atoms with Crippen LogP contribution in [0.2, 0.25) is 0 Å². The molecule has 1 aromatic rings. The van der Waals surface area contributed by atoms with Crippen molar-refractivity contribution in [2.45, 2.75) is 31.9 Å². The molecule has 2 heterocycles. The highest BCUT2D eigenvalue weighted by atomic mass is 32.2. The van der Waals surface area contributed by atoms with Gasteiger partial charge in [-0.2, -0.15) is 21.6 Å². The van der Waals surface area contributed by atoms with E-state index in [1.807, 2.05) is 0 Å². The van der Waals surface area contributed by atoms with Gasteiger partial charge in [-0.1, -0.05) is 11.2 Å². The molecule has 0 spiro atoms. The Morgan fingerprint density at radius 3 is 2.64 bits per heavy atom. The number of nitrogens with zero attached hydrogens (tertiary/aromatic N) is 1. The first-order valence-electron chi connectivity index (χ1n) is 7.62. The number of aryl methyl sites for hydroxylation is 2. The van der Waals surface area contributed by atoms with Crippen molar-refractivity contribution in [2.75, 3.05) is 17.9 Å². The second-order valence-corrected chi connectivity index (χ2v) is 7.80. The van der Waals surface area contributed by atoms with Gasteiger partial charge in [-0.05, 0) is 37.5 Å². The van der Waals surface area contributed by atoms with Crippen molar-refractivity contribution in [1.29, 1.82) is 0 Å². The second kappa shape index (κ2) is 6.17. The molecule has 1 saturated heterocycles. The topological polar surface area (TPSA) is 77.0 Å². The van der Waals surface area contributed by atoms with Crippen LogP contribution < -0.4 is 4.72 Å². The molecule has 3 rings (SSSR count). The maximum absolute atomic E-state index is 12.6. The van der Waals surface area contributed by atoms with Crippen LogP contribution in [0.3, 0.4) is 0 Å². The number of nitrogens with one attached hydrogen (secondary N) is 1. The maximum atomic E-state index is 12.6. The lowest BCUT2D eigenvalue weighted by Gasteiger charge is -2.24. The van der Waals surface area contributed by atoms with Crippen molar-refractivity contribution in [3.63, 3.8) is 0 Å². The minimum absolute atomic E-state index is 0.0257. The van der Waals surface area contributed by atoms with E-state index in [-0.39, 0.29) is 17.7 Å². The summed E-state index contributed by atoms with van der Waals surface area (Å²) >= 11 is 0. The predicted octanol–water partition coefficient (Wildman–Crippen LogP) is 2.70. The Balaban J connectivity index is 1.97. The van der Waals surface area contributed by atoms with E-state index in [0.717, 1.165) is 5.56 Å². The van der Waals surface area contributed by atoms with Crippen LogP contribution in [0.15, 0.2) is 17.3 Å². The van der Waals surface area contributed by atoms with Crippen LogP contribution in [0.5, 0.6) is 0 Å². The fraction of sp³-hybridized carbons (Fsp3) is 0.533. The zero-order valence-corrected chi connectivity index (χ0v) is 14.4. The van der Waals surface area contributed by atoms with Gasteiger partial charge in [-0.3, -0.25) is 4.72 Å². The minimum Gasteiger partial charge on any atom is -0.389 e. The predicted molar refractivity (Wildman–Crippen MR) is 84.8 cm³/mol. The van der Waals surface area contributed by atoms with Gasteiger partial charge in [0.2, 0.25) is 0 Å². The number of fused-ring (bicyclic) bond motifs is 1. The number of oxime groups is 1. The summed E-state index contributed by atoms with van der Waals surface area (Å²) < 4.78 is 67.7. The number of anilines is 1. The molecule has 10 heteroatoms. The Labute approximate surface area is 143 Å². The van der Waals surface area contributed by atoms with Gasteiger partial charge in [0, 0.05) is 18.1 Å². The van der Waals surface area contributed by atoms with Gasteiger partial charge in [-0.15, -0.1) is 0 Å². The van der Waals surface area contributed by atoms with E-state index in [0.29, 0.717) is 36.5 Å². The van der Waals surface area contributed by atoms with Gasteiger partial charge >= 0.3 is 15.5 Å². The Morgan fingerprint density at radius 1 is 1.24 bits per heavy atom. The fourth-order valence-corrected chi connectivity index (χ4v) is 3.64. The quantitative estimate of drug-likeness (QED) is 0.877. The normalized spacial score (nSPS) is 23.6. The highest BCUT2D eigenvalue weighted by Gasteiger charge is 2.46. The maximum Gasteiger partial charge on any atom is 0.516 e. The van der Waals surface area contributed by atoms with Gasteiger partial charge in [0.25, 0.3) is 0 Å². The first kappa shape index (κ1) is 18.0. The average molecular weight is 378 g/mol. The van der Waals surface area contributed by atoms with Crippen LogP contribution in [-0.2, 0) is 19.6 Å². The lowest BCUT2D eigenvalue weighted by atomic mass is 9.86. The van der Waals surface area contributed by atoms with Crippen LogP contribution in [0, 0.1) is 19.8 Å². The molecular formula is C15H17F3N2O4S. The zero-order chi connectivity index (χ0) is 18.4. The number of rotatable bonds is 3. The summed E-state index contributed by atoms with van der Waals surface area (Å²) in [7, 11) is -5.49. The lowest BCUT2D eigenvalue weighted by Crippen LogP contribution is -2.34. The van der Waals surface area contributed by atoms with E-state index in [1.165, 1.54) is 13.0 Å². The average Bonchev–Trinajstić information content (AvgIpc) is 2.92. The SMILES string of the molecule is Cc1cc(C)c(C2=NOC3COCCC23)cc1NS(=O)(=O)C(F)(F)F. The number of alkyl halides is 3. The van der Waals surface area contributed by atoms with Crippen LogP contribution in [0.4, 0.5) is 18.9 Å². The van der Waals surface area contributed by atoms with Crippen molar-refractivity contribution in [1.82, 2.24) is 0 Å². The molecule has 0 saturated carbocycles. The Bertz CT molecular complexity index is 821. The summed E-state index contributed by atoms with van der Waals surface area (Å²) in [6.45, 7) is 4.27. The summed E-state index contributed by atoms with van der Waals surface area (Å²) in [5, 5.41) is 4.06. The van der Waals surface area contributed by atoms with Gasteiger partial charge in [0.05, 0.1) is 18.0 Å². The molecule has 1 N–H and O–H groups in total. The molecule has 2 atom stereocenters. The highest BCUT2D eigenvalue weighted by molar-refractivity contribution is 7.93. The number of hydrogen-bond donors (Lipinski definition) is 1. The Hall–Kier alpha value is -1.81. The van der Waals surface area contributed by atoms with Crippen LogP contribution in [0.25, 0.3) is 0 Å². The molecule has 0 amide bonds. The standard InChI is InChI=1S/C15H17F3N2O4S/c1-8-5-9(2)12(20-25(21,22)15(16,17)18)6-11(8)14-10-3-4-23-7-13(10)24-19-14/h5-6,10,13,20H,3-4,7H2,1-2H3. The van der Waals surface area contributed by atoms with Gasteiger partial charge in [0.1, 0.15) is 0 Å². The molecule has 1 fully saturated rings. The van der Waals surface area contributed by atoms with Crippen LogP contribution in [-0.4, -0.2) is 39.0 Å². The molecular weight excluding hydrogens is 361 g/mol.